The van der Waals surface area contributed by atoms with E-state index in [1.54, 1.807) is 0 Å². The first-order chi connectivity index (χ1) is 6.31. The lowest BCUT2D eigenvalue weighted by molar-refractivity contribution is 0.128. The number of aryl methyl sites for hydroxylation is 2. The van der Waals surface area contributed by atoms with E-state index in [9.17, 15) is 0 Å². The number of aromatic amines is 1. The molecule has 0 fully saturated rings. The van der Waals surface area contributed by atoms with Gasteiger partial charge in [-0.2, -0.15) is 0 Å². The van der Waals surface area contributed by atoms with E-state index in [0.29, 0.717) is 6.61 Å². The zero-order valence-electron chi connectivity index (χ0n) is 8.68. The van der Waals surface area contributed by atoms with Crippen LogP contribution in [0.5, 0.6) is 0 Å². The summed E-state index contributed by atoms with van der Waals surface area (Å²) < 4.78 is 5.28. The summed E-state index contributed by atoms with van der Waals surface area (Å²) in [7, 11) is 0. The van der Waals surface area contributed by atoms with Crippen molar-refractivity contribution in [2.24, 2.45) is 0 Å². The molecule has 1 heterocycles. The predicted octanol–water partition coefficient (Wildman–Crippen LogP) is 2.07. The Balaban J connectivity index is 2.68. The molecule has 74 valence electrons. The number of imidazole rings is 1. The predicted molar refractivity (Wildman–Crippen MR) is 52.7 cm³/mol. The molecular weight excluding hydrogens is 164 g/mol. The molecule has 1 rings (SSSR count). The van der Waals surface area contributed by atoms with Crippen LogP contribution in [-0.4, -0.2) is 16.6 Å². The van der Waals surface area contributed by atoms with Crippen LogP contribution >= 0.6 is 0 Å². The highest BCUT2D eigenvalue weighted by atomic mass is 16.5. The number of nitrogens with one attached hydrogen (secondary N) is 1. The van der Waals surface area contributed by atoms with Crippen LogP contribution in [0.15, 0.2) is 0 Å². The summed E-state index contributed by atoms with van der Waals surface area (Å²) in [6.45, 7) is 7.59. The average Bonchev–Trinajstić information content (AvgIpc) is 2.57. The van der Waals surface area contributed by atoms with E-state index in [-0.39, 0.29) is 0 Å². The van der Waals surface area contributed by atoms with E-state index in [0.717, 1.165) is 25.3 Å². The Labute approximate surface area is 79.5 Å². The van der Waals surface area contributed by atoms with Crippen LogP contribution in [0.2, 0.25) is 0 Å². The zero-order chi connectivity index (χ0) is 9.68. The zero-order valence-corrected chi connectivity index (χ0v) is 8.68. The minimum absolute atomic E-state index is 0.601. The summed E-state index contributed by atoms with van der Waals surface area (Å²) in [5.41, 5.74) is 2.43. The van der Waals surface area contributed by atoms with Crippen molar-refractivity contribution < 1.29 is 4.74 Å². The second kappa shape index (κ2) is 5.02. The molecule has 0 aliphatic rings. The maximum atomic E-state index is 5.28. The highest BCUT2D eigenvalue weighted by Crippen LogP contribution is 2.08. The number of hydrogen-bond donors (Lipinski definition) is 1. The number of H-pyrrole nitrogens is 1. The van der Waals surface area contributed by atoms with Crippen LogP contribution in [0.1, 0.15) is 38.0 Å². The number of hydrogen-bond acceptors (Lipinski definition) is 2. The summed E-state index contributed by atoms with van der Waals surface area (Å²) in [5.74, 6) is 0.954. The Hall–Kier alpha value is -0.830. The Morgan fingerprint density at radius 1 is 1.23 bits per heavy atom. The topological polar surface area (TPSA) is 37.9 Å². The highest BCUT2D eigenvalue weighted by molar-refractivity contribution is 5.14. The van der Waals surface area contributed by atoms with E-state index in [4.69, 9.17) is 4.74 Å². The summed E-state index contributed by atoms with van der Waals surface area (Å²) in [4.78, 5) is 7.74. The van der Waals surface area contributed by atoms with Gasteiger partial charge in [0.25, 0.3) is 0 Å². The third-order valence-electron chi connectivity index (χ3n) is 2.04. The van der Waals surface area contributed by atoms with Gasteiger partial charge in [-0.25, -0.2) is 4.98 Å². The van der Waals surface area contributed by atoms with Gasteiger partial charge in [-0.15, -0.1) is 0 Å². The molecule has 0 aliphatic heterocycles. The van der Waals surface area contributed by atoms with Crippen LogP contribution < -0.4 is 0 Å². The van der Waals surface area contributed by atoms with Gasteiger partial charge < -0.3 is 9.72 Å². The van der Waals surface area contributed by atoms with Crippen molar-refractivity contribution in [2.45, 2.75) is 40.2 Å². The van der Waals surface area contributed by atoms with Crippen molar-refractivity contribution >= 4 is 0 Å². The van der Waals surface area contributed by atoms with Crippen molar-refractivity contribution in [1.82, 2.24) is 9.97 Å². The Kier molecular flexibility index (Phi) is 3.96. The number of rotatable bonds is 5. The largest absolute Gasteiger partial charge is 0.374 e. The fourth-order valence-electron chi connectivity index (χ4n) is 1.36. The molecule has 3 heteroatoms. The molecule has 0 aliphatic carbocycles. The van der Waals surface area contributed by atoms with Gasteiger partial charge in [-0.05, 0) is 19.8 Å². The Bertz CT molecular complexity index is 234. The molecule has 0 amide bonds. The minimum atomic E-state index is 0.601. The minimum Gasteiger partial charge on any atom is -0.374 e. The number of nitrogens with zero attached hydrogens (tertiary/aromatic N) is 1. The molecule has 1 aromatic heterocycles. The van der Waals surface area contributed by atoms with Crippen molar-refractivity contribution in [3.8, 4) is 0 Å². The van der Waals surface area contributed by atoms with E-state index >= 15 is 0 Å². The monoisotopic (exact) mass is 182 g/mol. The van der Waals surface area contributed by atoms with Crippen LogP contribution in [-0.2, 0) is 24.2 Å². The highest BCUT2D eigenvalue weighted by Gasteiger charge is 2.05. The van der Waals surface area contributed by atoms with Crippen LogP contribution in [0.4, 0.5) is 0 Å². The second-order valence-electron chi connectivity index (χ2n) is 2.95. The lowest BCUT2D eigenvalue weighted by Crippen LogP contribution is -1.94. The molecule has 0 radical (unpaired) electrons. The van der Waals surface area contributed by atoms with Crippen molar-refractivity contribution in [2.75, 3.05) is 6.61 Å². The summed E-state index contributed by atoms with van der Waals surface area (Å²) in [6.07, 6.45) is 2.01. The second-order valence-corrected chi connectivity index (χ2v) is 2.95. The van der Waals surface area contributed by atoms with E-state index in [1.807, 2.05) is 6.92 Å². The van der Waals surface area contributed by atoms with E-state index in [2.05, 4.69) is 23.8 Å². The maximum absolute atomic E-state index is 5.28. The van der Waals surface area contributed by atoms with E-state index in [1.165, 1.54) is 11.4 Å². The Morgan fingerprint density at radius 3 is 2.46 bits per heavy atom. The van der Waals surface area contributed by atoms with Crippen LogP contribution in [0.3, 0.4) is 0 Å². The fraction of sp³-hybridized carbons (Fsp3) is 0.700. The third kappa shape index (κ3) is 2.56. The van der Waals surface area contributed by atoms with Gasteiger partial charge in [0.05, 0.1) is 5.69 Å². The third-order valence-corrected chi connectivity index (χ3v) is 2.04. The van der Waals surface area contributed by atoms with Gasteiger partial charge in [0.15, 0.2) is 0 Å². The molecule has 0 atom stereocenters. The smallest absolute Gasteiger partial charge is 0.132 e. The summed E-state index contributed by atoms with van der Waals surface area (Å²) >= 11 is 0. The first kappa shape index (κ1) is 10.3. The first-order valence-corrected chi connectivity index (χ1v) is 4.96. The molecule has 13 heavy (non-hydrogen) atoms. The van der Waals surface area contributed by atoms with Gasteiger partial charge >= 0.3 is 0 Å². The van der Waals surface area contributed by atoms with Crippen LogP contribution in [0, 0.1) is 0 Å². The molecule has 0 unspecified atom stereocenters. The van der Waals surface area contributed by atoms with Crippen molar-refractivity contribution in [1.29, 1.82) is 0 Å². The van der Waals surface area contributed by atoms with Gasteiger partial charge in [0.1, 0.15) is 12.4 Å². The molecule has 0 saturated heterocycles. The fourth-order valence-corrected chi connectivity index (χ4v) is 1.36. The lowest BCUT2D eigenvalue weighted by atomic mass is 10.2. The maximum Gasteiger partial charge on any atom is 0.132 e. The van der Waals surface area contributed by atoms with Gasteiger partial charge in [-0.3, -0.25) is 0 Å². The number of aromatic nitrogens is 2. The van der Waals surface area contributed by atoms with Gasteiger partial charge in [0, 0.05) is 12.3 Å². The number of ether oxygens (including phenoxy) is 1. The molecule has 1 N–H and O–H groups in total. The molecule has 0 bridgehead atoms. The average molecular weight is 182 g/mol. The molecule has 1 aromatic rings. The first-order valence-electron chi connectivity index (χ1n) is 4.96. The van der Waals surface area contributed by atoms with Gasteiger partial charge in [-0.1, -0.05) is 13.8 Å². The van der Waals surface area contributed by atoms with Crippen LogP contribution in [0.25, 0.3) is 0 Å². The van der Waals surface area contributed by atoms with Crippen molar-refractivity contribution in [3.05, 3.63) is 17.2 Å². The Morgan fingerprint density at radius 2 is 2.00 bits per heavy atom. The SMILES string of the molecule is CCOCc1nc(CC)c(CC)[nH]1. The van der Waals surface area contributed by atoms with Crippen molar-refractivity contribution in [3.63, 3.8) is 0 Å². The molecule has 0 saturated carbocycles. The molecule has 0 spiro atoms. The summed E-state index contributed by atoms with van der Waals surface area (Å²) in [5, 5.41) is 0. The molecule has 3 nitrogen and oxygen atoms in total. The normalized spacial score (nSPS) is 10.7. The standard InChI is InChI=1S/C10H18N2O/c1-4-8-9(5-2)12-10(11-8)7-13-6-3/h4-7H2,1-3H3,(H,11,12). The molecule has 0 aromatic carbocycles. The summed E-state index contributed by atoms with van der Waals surface area (Å²) in [6, 6.07) is 0. The van der Waals surface area contributed by atoms with Gasteiger partial charge in [0.2, 0.25) is 0 Å². The lowest BCUT2D eigenvalue weighted by Gasteiger charge is -1.95. The van der Waals surface area contributed by atoms with E-state index < -0.39 is 0 Å². The quantitative estimate of drug-likeness (QED) is 0.757. The molecular formula is C10H18N2O.